The van der Waals surface area contributed by atoms with Gasteiger partial charge < -0.3 is 35.5 Å². The molecule has 2 aromatic heterocycles. The number of likely N-dealkylation sites (N-methyl/N-ethyl adjacent to an activating group) is 1. The average Bonchev–Trinajstić information content (AvgIpc) is 3.73. The molecule has 2 aromatic carbocycles. The van der Waals surface area contributed by atoms with Crippen LogP contribution in [-0.4, -0.2) is 73.5 Å². The first-order chi connectivity index (χ1) is 22.4. The molecule has 3 aliphatic rings. The number of furan rings is 1. The van der Waals surface area contributed by atoms with Gasteiger partial charge in [0.1, 0.15) is 11.1 Å². The number of hydrogen-bond donors (Lipinski definition) is 4. The summed E-state index contributed by atoms with van der Waals surface area (Å²) < 4.78 is 37.2. The molecule has 0 spiro atoms. The van der Waals surface area contributed by atoms with Crippen LogP contribution in [0.4, 0.5) is 14.6 Å². The normalized spacial score (nSPS) is 18.0. The van der Waals surface area contributed by atoms with Gasteiger partial charge in [0.15, 0.2) is 17.2 Å². The van der Waals surface area contributed by atoms with Crippen molar-refractivity contribution in [2.24, 2.45) is 11.7 Å². The number of benzene rings is 2. The average molecular weight is 637 g/mol. The quantitative estimate of drug-likeness (QED) is 0.207. The molecule has 2 fully saturated rings. The Kier molecular flexibility index (Phi) is 11.6. The summed E-state index contributed by atoms with van der Waals surface area (Å²) in [5.74, 6) is 0.611. The minimum atomic E-state index is -2.69. The SMILES string of the molecule is CCNCCO.FC(F)c1nc(N2CCCC2)c2oc3ccccc3c2n1.NCc1cccc(C2C=C(C3COC3)C(=O)NC2)c1. The number of nitrogens with one attached hydrogen (secondary N) is 2. The Labute approximate surface area is 267 Å². The Bertz CT molecular complexity index is 1630. The number of hydrogen-bond acceptors (Lipinski definition) is 9. The van der Waals surface area contributed by atoms with E-state index < -0.39 is 12.2 Å². The van der Waals surface area contributed by atoms with E-state index in [-0.39, 0.29) is 24.3 Å². The molecule has 0 bridgehead atoms. The van der Waals surface area contributed by atoms with E-state index in [2.05, 4.69) is 38.8 Å². The number of rotatable bonds is 8. The van der Waals surface area contributed by atoms with Gasteiger partial charge in [0.2, 0.25) is 5.91 Å². The summed E-state index contributed by atoms with van der Waals surface area (Å²) in [5.41, 5.74) is 10.5. The third kappa shape index (κ3) is 7.87. The van der Waals surface area contributed by atoms with Crippen LogP contribution in [0.2, 0.25) is 0 Å². The fourth-order valence-corrected chi connectivity index (χ4v) is 5.65. The van der Waals surface area contributed by atoms with E-state index in [9.17, 15) is 13.6 Å². The number of amides is 1. The van der Waals surface area contributed by atoms with Crippen LogP contribution in [0.1, 0.15) is 49.1 Å². The van der Waals surface area contributed by atoms with Crippen molar-refractivity contribution in [2.75, 3.05) is 57.4 Å². The number of aliphatic hydroxyl groups excluding tert-OH is 1. The Morgan fingerprint density at radius 2 is 1.91 bits per heavy atom. The smallest absolute Gasteiger partial charge is 0.297 e. The molecule has 246 valence electrons. The van der Waals surface area contributed by atoms with Crippen molar-refractivity contribution in [3.8, 4) is 0 Å². The molecular weight excluding hydrogens is 594 g/mol. The molecule has 1 unspecified atom stereocenters. The van der Waals surface area contributed by atoms with E-state index in [1.54, 1.807) is 0 Å². The number of ether oxygens (including phenoxy) is 1. The molecular formula is C34H42F2N6O4. The number of nitrogens with zero attached hydrogens (tertiary/aromatic N) is 3. The van der Waals surface area contributed by atoms with Crippen molar-refractivity contribution in [3.63, 3.8) is 0 Å². The van der Waals surface area contributed by atoms with Crippen LogP contribution < -0.4 is 21.3 Å². The van der Waals surface area contributed by atoms with E-state index in [1.807, 2.05) is 48.2 Å². The summed E-state index contributed by atoms with van der Waals surface area (Å²) in [6, 6.07) is 15.6. The maximum Gasteiger partial charge on any atom is 0.297 e. The second-order valence-electron chi connectivity index (χ2n) is 11.4. The second-order valence-corrected chi connectivity index (χ2v) is 11.4. The van der Waals surface area contributed by atoms with Gasteiger partial charge >= 0.3 is 0 Å². The Morgan fingerprint density at radius 1 is 1.13 bits per heavy atom. The maximum atomic E-state index is 13.1. The highest BCUT2D eigenvalue weighted by Crippen LogP contribution is 2.35. The highest BCUT2D eigenvalue weighted by atomic mass is 19.3. The Hall–Kier alpha value is -3.97. The van der Waals surface area contributed by atoms with Gasteiger partial charge in [0.25, 0.3) is 6.43 Å². The first kappa shape index (κ1) is 33.4. The molecule has 10 nitrogen and oxygen atoms in total. The highest BCUT2D eigenvalue weighted by molar-refractivity contribution is 6.05. The number of nitrogens with two attached hydrogens (primary N) is 1. The Morgan fingerprint density at radius 3 is 2.57 bits per heavy atom. The lowest BCUT2D eigenvalue weighted by Crippen LogP contribution is -2.41. The summed E-state index contributed by atoms with van der Waals surface area (Å²) in [7, 11) is 0. The highest BCUT2D eigenvalue weighted by Gasteiger charge is 2.31. The van der Waals surface area contributed by atoms with Gasteiger partial charge in [0.05, 0.1) is 19.8 Å². The molecule has 0 radical (unpaired) electrons. The first-order valence-electron chi connectivity index (χ1n) is 15.8. The van der Waals surface area contributed by atoms with Gasteiger partial charge in [-0.25, -0.2) is 18.7 Å². The summed E-state index contributed by atoms with van der Waals surface area (Å²) in [4.78, 5) is 21.9. The van der Waals surface area contributed by atoms with Crippen LogP contribution in [0.25, 0.3) is 22.1 Å². The molecule has 0 saturated carbocycles. The van der Waals surface area contributed by atoms with Crippen molar-refractivity contribution >= 4 is 33.8 Å². The van der Waals surface area contributed by atoms with Crippen molar-refractivity contribution in [1.82, 2.24) is 20.6 Å². The zero-order valence-corrected chi connectivity index (χ0v) is 26.1. The summed E-state index contributed by atoms with van der Waals surface area (Å²) in [5, 5.41) is 14.8. The first-order valence-corrected chi connectivity index (χ1v) is 15.8. The van der Waals surface area contributed by atoms with Gasteiger partial charge in [-0.15, -0.1) is 0 Å². The number of carbonyl (C=O) groups excluding carboxylic acids is 1. The number of aromatic nitrogens is 2. The summed E-state index contributed by atoms with van der Waals surface area (Å²) >= 11 is 0. The predicted octanol–water partition coefficient (Wildman–Crippen LogP) is 4.43. The lowest BCUT2D eigenvalue weighted by Gasteiger charge is -2.32. The number of para-hydroxylation sites is 1. The molecule has 46 heavy (non-hydrogen) atoms. The van der Waals surface area contributed by atoms with Gasteiger partial charge in [0, 0.05) is 55.5 Å². The van der Waals surface area contributed by atoms with Crippen LogP contribution in [0, 0.1) is 5.92 Å². The van der Waals surface area contributed by atoms with E-state index in [0.717, 1.165) is 55.5 Å². The standard InChI is InChI=1S/C15H13F2N3O.C15H18N2O2.C4H11NO/c16-13(17)14-18-11-9-5-1-2-6-10(9)21-12(11)15(19-14)20-7-3-4-8-20;16-6-10-2-1-3-11(4-10)12-5-14(13-8-19-9-13)15(18)17-7-12;1-2-5-3-4-6/h1-2,5-6,13H,3-4,7-8H2;1-5,12-13H,6-9,16H2,(H,17,18);5-6H,2-4H2,1H3. The molecule has 1 amide bonds. The number of halogens is 2. The molecule has 7 rings (SSSR count). The molecule has 4 aromatic rings. The van der Waals surface area contributed by atoms with Crippen molar-refractivity contribution in [2.45, 2.75) is 38.7 Å². The minimum Gasteiger partial charge on any atom is -0.450 e. The molecule has 5 heterocycles. The third-order valence-corrected chi connectivity index (χ3v) is 8.18. The largest absolute Gasteiger partial charge is 0.450 e. The van der Waals surface area contributed by atoms with E-state index in [1.165, 1.54) is 5.56 Å². The zero-order chi connectivity index (χ0) is 32.5. The second kappa shape index (κ2) is 16.0. The fourth-order valence-electron chi connectivity index (χ4n) is 5.65. The molecule has 12 heteroatoms. The number of aliphatic hydroxyl groups is 1. The summed E-state index contributed by atoms with van der Waals surface area (Å²) in [6.45, 7) is 8.06. The van der Waals surface area contributed by atoms with Crippen molar-refractivity contribution < 1.29 is 27.8 Å². The van der Waals surface area contributed by atoms with E-state index in [4.69, 9.17) is 20.0 Å². The van der Waals surface area contributed by atoms with Crippen LogP contribution in [-0.2, 0) is 16.1 Å². The zero-order valence-electron chi connectivity index (χ0n) is 26.1. The number of alkyl halides is 2. The van der Waals surface area contributed by atoms with Gasteiger partial charge in [-0.3, -0.25) is 4.79 Å². The van der Waals surface area contributed by atoms with E-state index in [0.29, 0.717) is 48.8 Å². The molecule has 3 aliphatic heterocycles. The number of anilines is 1. The summed E-state index contributed by atoms with van der Waals surface area (Å²) in [6.07, 6.45) is 1.48. The van der Waals surface area contributed by atoms with Gasteiger partial charge in [-0.2, -0.15) is 0 Å². The number of carbonyl (C=O) groups is 1. The van der Waals surface area contributed by atoms with Crippen LogP contribution in [0.5, 0.6) is 0 Å². The fraction of sp³-hybridized carbons (Fsp3) is 0.441. The van der Waals surface area contributed by atoms with Crippen LogP contribution >= 0.6 is 0 Å². The van der Waals surface area contributed by atoms with Crippen LogP contribution in [0.3, 0.4) is 0 Å². The molecule has 5 N–H and O–H groups in total. The van der Waals surface area contributed by atoms with E-state index >= 15 is 0 Å². The van der Waals surface area contributed by atoms with Gasteiger partial charge in [-0.1, -0.05) is 49.4 Å². The number of fused-ring (bicyclic) bond motifs is 3. The molecule has 2 saturated heterocycles. The minimum absolute atomic E-state index is 0.0551. The lowest BCUT2D eigenvalue weighted by molar-refractivity contribution is -0.120. The third-order valence-electron chi connectivity index (χ3n) is 8.18. The predicted molar refractivity (Wildman–Crippen MR) is 174 cm³/mol. The maximum absolute atomic E-state index is 13.1. The molecule has 0 aliphatic carbocycles. The monoisotopic (exact) mass is 636 g/mol. The Balaban J connectivity index is 0.000000155. The topological polar surface area (TPSA) is 139 Å². The van der Waals surface area contributed by atoms with Crippen molar-refractivity contribution in [3.05, 3.63) is 77.1 Å². The van der Waals surface area contributed by atoms with Crippen molar-refractivity contribution in [1.29, 1.82) is 0 Å². The van der Waals surface area contributed by atoms with Crippen LogP contribution in [0.15, 0.2) is 64.6 Å². The lowest BCUT2D eigenvalue weighted by atomic mass is 9.86. The molecule has 1 atom stereocenters. The van der Waals surface area contributed by atoms with Gasteiger partial charge in [-0.05, 0) is 42.6 Å².